The number of benzene rings is 2. The van der Waals surface area contributed by atoms with Crippen LogP contribution in [0.1, 0.15) is 56.4 Å². The zero-order valence-electron chi connectivity index (χ0n) is 17.2. The summed E-state index contributed by atoms with van der Waals surface area (Å²) >= 11 is 5.49. The van der Waals surface area contributed by atoms with Gasteiger partial charge in [-0.25, -0.2) is 8.78 Å². The first-order valence-electron chi connectivity index (χ1n) is 10.6. The van der Waals surface area contributed by atoms with Crippen LogP contribution in [0.15, 0.2) is 42.6 Å². The fourth-order valence-electron chi connectivity index (χ4n) is 4.87. The Morgan fingerprint density at radius 2 is 1.81 bits per heavy atom. The minimum Gasteiger partial charge on any atom is -0.337 e. The molecule has 32 heavy (non-hydrogen) atoms. The first-order chi connectivity index (χ1) is 15.4. The average Bonchev–Trinajstić information content (AvgIpc) is 3.26. The van der Waals surface area contributed by atoms with E-state index in [9.17, 15) is 18.4 Å². The molecule has 2 amide bonds. The number of aromatic amines is 1. The Morgan fingerprint density at radius 3 is 2.53 bits per heavy atom. The summed E-state index contributed by atoms with van der Waals surface area (Å²) in [6, 6.07) is 9.19. The molecule has 0 spiro atoms. The van der Waals surface area contributed by atoms with E-state index in [-0.39, 0.29) is 17.9 Å². The number of fused-ring (bicyclic) bond motifs is 2. The molecule has 0 saturated carbocycles. The van der Waals surface area contributed by atoms with Gasteiger partial charge in [-0.3, -0.25) is 14.5 Å². The van der Waals surface area contributed by atoms with Gasteiger partial charge in [0.25, 0.3) is 11.8 Å². The highest BCUT2D eigenvalue weighted by atomic mass is 32.1. The molecule has 1 aliphatic heterocycles. The molecule has 0 bridgehead atoms. The Labute approximate surface area is 188 Å². The summed E-state index contributed by atoms with van der Waals surface area (Å²) < 4.78 is 30.4. The molecule has 5 nitrogen and oxygen atoms in total. The zero-order chi connectivity index (χ0) is 22.4. The second-order valence-corrected chi connectivity index (χ2v) is 8.67. The molecule has 5 rings (SSSR count). The molecule has 164 valence electrons. The molecular weight excluding hydrogens is 432 g/mol. The van der Waals surface area contributed by atoms with Gasteiger partial charge in [0.2, 0.25) is 0 Å². The number of imide groups is 1. The second-order valence-electron chi connectivity index (χ2n) is 8.29. The largest absolute Gasteiger partial charge is 0.337 e. The molecule has 8 heteroatoms. The predicted molar refractivity (Wildman–Crippen MR) is 117 cm³/mol. The molecule has 0 saturated heterocycles. The Hall–Kier alpha value is -3.13. The fourth-order valence-corrected chi connectivity index (χ4v) is 5.20. The summed E-state index contributed by atoms with van der Waals surface area (Å²) in [7, 11) is 0. The summed E-state index contributed by atoms with van der Waals surface area (Å²) in [6.45, 7) is 0.314. The summed E-state index contributed by atoms with van der Waals surface area (Å²) in [5.41, 5.74) is 3.11. The van der Waals surface area contributed by atoms with E-state index in [0.29, 0.717) is 65.7 Å². The van der Waals surface area contributed by atoms with Gasteiger partial charge in [0.05, 0.1) is 11.1 Å². The lowest BCUT2D eigenvalue weighted by molar-refractivity contribution is 0.0652. The van der Waals surface area contributed by atoms with Crippen molar-refractivity contribution < 1.29 is 18.4 Å². The number of carbonyl (C=O) groups is 2. The van der Waals surface area contributed by atoms with Crippen LogP contribution in [0.5, 0.6) is 0 Å². The summed E-state index contributed by atoms with van der Waals surface area (Å²) in [6.07, 6.45) is 4.76. The van der Waals surface area contributed by atoms with Gasteiger partial charge in [0.1, 0.15) is 11.6 Å². The van der Waals surface area contributed by atoms with Crippen molar-refractivity contribution in [2.24, 2.45) is 0 Å². The first-order valence-corrected chi connectivity index (χ1v) is 11.1. The standard InChI is InChI=1S/C24H21F2N3O2S/c25-15-10-14-11-16(7-8-18(14)21(26)12-15)29-17(13-27-24(29)32)4-3-9-28-22(30)19-5-1-2-6-20(19)23(28)31/h1-2,5-6,10,12-13,16H,3-4,7-9,11H2,(H,27,32)/t16-/m0/s1. The molecular formula is C24H21F2N3O2S. The normalized spacial score (nSPS) is 17.6. The maximum Gasteiger partial charge on any atom is 0.261 e. The molecule has 2 heterocycles. The number of hydrogen-bond donors (Lipinski definition) is 1. The van der Waals surface area contributed by atoms with Gasteiger partial charge >= 0.3 is 0 Å². The highest BCUT2D eigenvalue weighted by Gasteiger charge is 2.34. The predicted octanol–water partition coefficient (Wildman–Crippen LogP) is 4.78. The van der Waals surface area contributed by atoms with Gasteiger partial charge in [0, 0.05) is 30.5 Å². The van der Waals surface area contributed by atoms with E-state index in [4.69, 9.17) is 12.2 Å². The number of nitrogens with one attached hydrogen (secondary N) is 1. The Balaban J connectivity index is 1.30. The second kappa shape index (κ2) is 8.09. The van der Waals surface area contributed by atoms with Crippen molar-refractivity contribution in [3.05, 3.63) is 86.9 Å². The van der Waals surface area contributed by atoms with Gasteiger partial charge in [-0.15, -0.1) is 0 Å². The number of amides is 2. The smallest absolute Gasteiger partial charge is 0.261 e. The Morgan fingerprint density at radius 1 is 1.09 bits per heavy atom. The van der Waals surface area contributed by atoms with Crippen LogP contribution in [0.2, 0.25) is 0 Å². The van der Waals surface area contributed by atoms with E-state index in [1.807, 2.05) is 10.8 Å². The molecule has 3 aromatic rings. The highest BCUT2D eigenvalue weighted by molar-refractivity contribution is 7.71. The van der Waals surface area contributed by atoms with Crippen molar-refractivity contribution in [3.8, 4) is 0 Å². The minimum absolute atomic E-state index is 0.00300. The van der Waals surface area contributed by atoms with Crippen molar-refractivity contribution in [2.75, 3.05) is 6.54 Å². The molecule has 0 radical (unpaired) electrons. The van der Waals surface area contributed by atoms with Crippen molar-refractivity contribution in [1.29, 1.82) is 0 Å². The van der Waals surface area contributed by atoms with Crippen LogP contribution in [0.4, 0.5) is 8.78 Å². The summed E-state index contributed by atoms with van der Waals surface area (Å²) in [5.74, 6) is -1.58. The van der Waals surface area contributed by atoms with Crippen LogP contribution in [0.3, 0.4) is 0 Å². The van der Waals surface area contributed by atoms with Gasteiger partial charge < -0.3 is 9.55 Å². The molecule has 2 aromatic carbocycles. The molecule has 1 N–H and O–H groups in total. The molecule has 1 aromatic heterocycles. The number of hydrogen-bond acceptors (Lipinski definition) is 3. The fraction of sp³-hybridized carbons (Fsp3) is 0.292. The SMILES string of the molecule is O=C1c2ccccc2C(=O)N1CCCc1c[nH]c(=S)n1[C@H]1CCc2c(F)cc(F)cc2C1. The molecule has 0 fully saturated rings. The number of rotatable bonds is 5. The quantitative estimate of drug-likeness (QED) is 0.447. The Bertz CT molecular complexity index is 1260. The van der Waals surface area contributed by atoms with Crippen LogP contribution in [-0.2, 0) is 19.3 Å². The van der Waals surface area contributed by atoms with E-state index in [2.05, 4.69) is 4.98 Å². The van der Waals surface area contributed by atoms with Crippen LogP contribution in [-0.4, -0.2) is 32.8 Å². The average molecular weight is 454 g/mol. The maximum absolute atomic E-state index is 14.1. The van der Waals surface area contributed by atoms with Crippen LogP contribution < -0.4 is 0 Å². The molecule has 0 unspecified atom stereocenters. The third-order valence-electron chi connectivity index (χ3n) is 6.38. The van der Waals surface area contributed by atoms with Crippen molar-refractivity contribution >= 4 is 24.0 Å². The number of H-pyrrole nitrogens is 1. The Kier molecular flexibility index (Phi) is 5.25. The van der Waals surface area contributed by atoms with Crippen molar-refractivity contribution in [1.82, 2.24) is 14.5 Å². The number of carbonyl (C=O) groups excluding carboxylic acids is 2. The monoisotopic (exact) mass is 453 g/mol. The van der Waals surface area contributed by atoms with E-state index in [0.717, 1.165) is 11.8 Å². The maximum atomic E-state index is 14.1. The lowest BCUT2D eigenvalue weighted by atomic mass is 9.87. The third-order valence-corrected chi connectivity index (χ3v) is 6.70. The zero-order valence-corrected chi connectivity index (χ0v) is 18.1. The molecule has 2 aliphatic rings. The van der Waals surface area contributed by atoms with Gasteiger partial charge in [-0.2, -0.15) is 0 Å². The number of aryl methyl sites for hydroxylation is 1. The lowest BCUT2D eigenvalue weighted by Crippen LogP contribution is -2.31. The van der Waals surface area contributed by atoms with E-state index < -0.39 is 11.6 Å². The number of halogens is 2. The molecule has 1 atom stereocenters. The van der Waals surface area contributed by atoms with E-state index in [1.165, 1.54) is 11.0 Å². The minimum atomic E-state index is -0.569. The number of aromatic nitrogens is 2. The van der Waals surface area contributed by atoms with Gasteiger partial charge in [-0.05, 0) is 73.6 Å². The lowest BCUT2D eigenvalue weighted by Gasteiger charge is -2.27. The first kappa shape index (κ1) is 20.8. The van der Waals surface area contributed by atoms with Gasteiger partial charge in [0.15, 0.2) is 4.77 Å². The van der Waals surface area contributed by atoms with E-state index in [1.54, 1.807) is 24.3 Å². The van der Waals surface area contributed by atoms with Crippen molar-refractivity contribution in [2.45, 2.75) is 38.1 Å². The number of imidazole rings is 1. The van der Waals surface area contributed by atoms with Crippen LogP contribution >= 0.6 is 12.2 Å². The highest BCUT2D eigenvalue weighted by Crippen LogP contribution is 2.32. The van der Waals surface area contributed by atoms with Crippen LogP contribution in [0, 0.1) is 16.4 Å². The summed E-state index contributed by atoms with van der Waals surface area (Å²) in [4.78, 5) is 29.5. The summed E-state index contributed by atoms with van der Waals surface area (Å²) in [5, 5.41) is 0. The number of nitrogens with zero attached hydrogens (tertiary/aromatic N) is 2. The van der Waals surface area contributed by atoms with Gasteiger partial charge in [-0.1, -0.05) is 12.1 Å². The van der Waals surface area contributed by atoms with Crippen molar-refractivity contribution in [3.63, 3.8) is 0 Å². The molecule has 1 aliphatic carbocycles. The van der Waals surface area contributed by atoms with Crippen LogP contribution in [0.25, 0.3) is 0 Å². The third kappa shape index (κ3) is 3.48. The van der Waals surface area contributed by atoms with E-state index >= 15 is 0 Å². The topological polar surface area (TPSA) is 58.1 Å².